The van der Waals surface area contributed by atoms with E-state index in [4.69, 9.17) is 21.7 Å². The topological polar surface area (TPSA) is 234 Å². The van der Waals surface area contributed by atoms with Crippen LogP contribution in [0.4, 0.5) is 0 Å². The number of aliphatic hydroxyl groups is 2. The van der Waals surface area contributed by atoms with Gasteiger partial charge in [-0.05, 0) is 12.8 Å². The Morgan fingerprint density at radius 3 is 1.83 bits per heavy atom. The molecule has 0 bridgehead atoms. The summed E-state index contributed by atoms with van der Waals surface area (Å²) in [5, 5.41) is 34.6. The minimum absolute atomic E-state index is 0.421. The van der Waals surface area contributed by atoms with Crippen LogP contribution in [-0.2, 0) is 24.0 Å². The van der Waals surface area contributed by atoms with Crippen LogP contribution in [0.25, 0.3) is 0 Å². The van der Waals surface area contributed by atoms with Crippen molar-refractivity contribution in [3.8, 4) is 0 Å². The summed E-state index contributed by atoms with van der Waals surface area (Å²) in [7, 11) is 0. The Kier molecular flexibility index (Phi) is 11.5. The summed E-state index contributed by atoms with van der Waals surface area (Å²) in [5.41, 5.74) is 10.5. The number of carboxylic acid groups (broad SMARTS) is 1. The zero-order chi connectivity index (χ0) is 23.6. The van der Waals surface area contributed by atoms with Gasteiger partial charge in [0, 0.05) is 0 Å². The number of carbonyl (C=O) groups is 5. The third-order valence-corrected chi connectivity index (χ3v) is 4.41. The first kappa shape index (κ1) is 27.2. The summed E-state index contributed by atoms with van der Waals surface area (Å²) >= 11 is 0. The van der Waals surface area contributed by atoms with E-state index >= 15 is 0 Å². The number of hydrogen-bond acceptors (Lipinski definition) is 8. The van der Waals surface area contributed by atoms with Gasteiger partial charge >= 0.3 is 5.97 Å². The molecule has 30 heavy (non-hydrogen) atoms. The summed E-state index contributed by atoms with van der Waals surface area (Å²) in [6, 6.07) is -5.64. The molecule has 0 aliphatic carbocycles. The van der Waals surface area contributed by atoms with Crippen molar-refractivity contribution in [3.63, 3.8) is 0 Å². The molecule has 0 aliphatic rings. The number of aliphatic carboxylic acids is 1. The lowest BCUT2D eigenvalue weighted by molar-refractivity contribution is -0.143. The van der Waals surface area contributed by atoms with Gasteiger partial charge in [0.05, 0.1) is 25.2 Å². The van der Waals surface area contributed by atoms with Crippen LogP contribution in [0.3, 0.4) is 0 Å². The van der Waals surface area contributed by atoms with E-state index in [0.29, 0.717) is 6.42 Å². The minimum Gasteiger partial charge on any atom is -0.480 e. The van der Waals surface area contributed by atoms with E-state index in [-0.39, 0.29) is 0 Å². The molecular formula is C17H31N5O8. The van der Waals surface area contributed by atoms with Crippen LogP contribution >= 0.6 is 0 Å². The maximum absolute atomic E-state index is 12.6. The summed E-state index contributed by atoms with van der Waals surface area (Å²) in [5.74, 6) is -5.45. The van der Waals surface area contributed by atoms with Gasteiger partial charge < -0.3 is 42.7 Å². The van der Waals surface area contributed by atoms with E-state index in [2.05, 4.69) is 16.0 Å². The van der Waals surface area contributed by atoms with Gasteiger partial charge in [0.15, 0.2) is 0 Å². The highest BCUT2D eigenvalue weighted by atomic mass is 16.4. The van der Waals surface area contributed by atoms with Crippen molar-refractivity contribution in [3.05, 3.63) is 0 Å². The molecule has 0 aliphatic heterocycles. The van der Waals surface area contributed by atoms with Crippen LogP contribution in [0, 0.1) is 5.92 Å². The molecule has 4 amide bonds. The molecule has 0 spiro atoms. The molecule has 13 heteroatoms. The Labute approximate surface area is 173 Å². The third kappa shape index (κ3) is 8.71. The predicted octanol–water partition coefficient (Wildman–Crippen LogP) is -3.85. The van der Waals surface area contributed by atoms with E-state index in [1.165, 1.54) is 6.92 Å². The van der Waals surface area contributed by atoms with Gasteiger partial charge in [0.25, 0.3) is 0 Å². The summed E-state index contributed by atoms with van der Waals surface area (Å²) < 4.78 is 0. The molecule has 0 saturated carbocycles. The number of nitrogens with one attached hydrogen (secondary N) is 3. The second-order valence-corrected chi connectivity index (χ2v) is 6.96. The minimum atomic E-state index is -1.57. The Hall–Kier alpha value is -2.77. The van der Waals surface area contributed by atoms with Crippen LogP contribution in [0.2, 0.25) is 0 Å². The smallest absolute Gasteiger partial charge is 0.328 e. The van der Waals surface area contributed by atoms with E-state index in [1.54, 1.807) is 13.8 Å². The molecule has 0 heterocycles. The summed E-state index contributed by atoms with van der Waals surface area (Å²) in [6.45, 7) is 3.72. The van der Waals surface area contributed by atoms with E-state index in [1.807, 2.05) is 0 Å². The molecule has 13 nitrogen and oxygen atoms in total. The normalized spacial score (nSPS) is 16.9. The SMILES string of the molecule is CCC(C)C(NC(=O)C(NC(=O)C(N)CC(N)=O)C(C)O)C(=O)NC(CO)C(=O)O. The quantitative estimate of drug-likeness (QED) is 0.142. The average molecular weight is 433 g/mol. The summed E-state index contributed by atoms with van der Waals surface area (Å²) in [6.07, 6.45) is -1.44. The Morgan fingerprint density at radius 2 is 1.43 bits per heavy atom. The fourth-order valence-electron chi connectivity index (χ4n) is 2.37. The Morgan fingerprint density at radius 1 is 0.933 bits per heavy atom. The van der Waals surface area contributed by atoms with Crippen molar-refractivity contribution in [1.29, 1.82) is 0 Å². The number of hydrogen-bond donors (Lipinski definition) is 8. The first-order chi connectivity index (χ1) is 13.8. The van der Waals surface area contributed by atoms with E-state index in [0.717, 1.165) is 0 Å². The van der Waals surface area contributed by atoms with Crippen molar-refractivity contribution in [2.45, 2.75) is 63.9 Å². The molecule has 0 rings (SSSR count). The van der Waals surface area contributed by atoms with Crippen LogP contribution < -0.4 is 27.4 Å². The molecule has 0 aromatic heterocycles. The first-order valence-corrected chi connectivity index (χ1v) is 9.32. The standard InChI is InChI=1S/C17H31N5O8/c1-4-7(2)12(15(27)20-10(6-23)17(29)30)21-16(28)13(8(3)24)22-14(26)9(18)5-11(19)25/h7-10,12-13,23-24H,4-6,18H2,1-3H3,(H2,19,25)(H,20,27)(H,21,28)(H,22,26)(H,29,30). The zero-order valence-electron chi connectivity index (χ0n) is 17.1. The number of amides is 4. The highest BCUT2D eigenvalue weighted by molar-refractivity contribution is 5.95. The maximum Gasteiger partial charge on any atom is 0.328 e. The lowest BCUT2D eigenvalue weighted by Gasteiger charge is -2.28. The van der Waals surface area contributed by atoms with Gasteiger partial charge in [-0.15, -0.1) is 0 Å². The lowest BCUT2D eigenvalue weighted by atomic mass is 9.97. The van der Waals surface area contributed by atoms with Gasteiger partial charge in [0.1, 0.15) is 18.1 Å². The van der Waals surface area contributed by atoms with Crippen LogP contribution in [0.1, 0.15) is 33.6 Å². The van der Waals surface area contributed by atoms with Gasteiger partial charge in [-0.2, -0.15) is 0 Å². The highest BCUT2D eigenvalue weighted by Crippen LogP contribution is 2.09. The Bertz CT molecular complexity index is 642. The number of carbonyl (C=O) groups excluding carboxylic acids is 4. The number of rotatable bonds is 13. The average Bonchev–Trinajstić information content (AvgIpc) is 2.65. The van der Waals surface area contributed by atoms with E-state index < -0.39 is 78.8 Å². The van der Waals surface area contributed by atoms with Crippen molar-refractivity contribution in [2.24, 2.45) is 17.4 Å². The van der Waals surface area contributed by atoms with Crippen LogP contribution in [-0.4, -0.2) is 81.8 Å². The molecular weight excluding hydrogens is 402 g/mol. The molecule has 0 radical (unpaired) electrons. The molecule has 0 aromatic carbocycles. The largest absolute Gasteiger partial charge is 0.480 e. The second kappa shape index (κ2) is 12.7. The zero-order valence-corrected chi connectivity index (χ0v) is 17.1. The third-order valence-electron chi connectivity index (χ3n) is 4.41. The Balaban J connectivity index is 5.41. The molecule has 0 saturated heterocycles. The van der Waals surface area contributed by atoms with Crippen molar-refractivity contribution >= 4 is 29.6 Å². The van der Waals surface area contributed by atoms with Crippen LogP contribution in [0.5, 0.6) is 0 Å². The van der Waals surface area contributed by atoms with Gasteiger partial charge in [-0.25, -0.2) is 4.79 Å². The molecule has 0 fully saturated rings. The van der Waals surface area contributed by atoms with Crippen molar-refractivity contribution in [2.75, 3.05) is 6.61 Å². The summed E-state index contributed by atoms with van der Waals surface area (Å²) in [4.78, 5) is 59.1. The molecule has 0 aromatic rings. The van der Waals surface area contributed by atoms with Gasteiger partial charge in [0.2, 0.25) is 23.6 Å². The number of primary amides is 1. The number of carboxylic acids is 1. The number of nitrogens with two attached hydrogens (primary N) is 2. The molecule has 10 N–H and O–H groups in total. The predicted molar refractivity (Wildman–Crippen MR) is 103 cm³/mol. The van der Waals surface area contributed by atoms with E-state index in [9.17, 15) is 29.1 Å². The van der Waals surface area contributed by atoms with Crippen LogP contribution in [0.15, 0.2) is 0 Å². The van der Waals surface area contributed by atoms with Crippen molar-refractivity contribution < 1.29 is 39.3 Å². The first-order valence-electron chi connectivity index (χ1n) is 9.32. The molecule has 6 unspecified atom stereocenters. The lowest BCUT2D eigenvalue weighted by Crippen LogP contribution is -2.61. The molecule has 6 atom stereocenters. The number of aliphatic hydroxyl groups excluding tert-OH is 2. The maximum atomic E-state index is 12.6. The highest BCUT2D eigenvalue weighted by Gasteiger charge is 2.34. The second-order valence-electron chi connectivity index (χ2n) is 6.96. The molecule has 172 valence electrons. The van der Waals surface area contributed by atoms with Crippen molar-refractivity contribution in [1.82, 2.24) is 16.0 Å². The monoisotopic (exact) mass is 433 g/mol. The van der Waals surface area contributed by atoms with Gasteiger partial charge in [-0.3, -0.25) is 19.2 Å². The van der Waals surface area contributed by atoms with Gasteiger partial charge in [-0.1, -0.05) is 20.3 Å². The fraction of sp³-hybridized carbons (Fsp3) is 0.706. The fourth-order valence-corrected chi connectivity index (χ4v) is 2.37.